The Morgan fingerprint density at radius 2 is 2.41 bits per heavy atom. The summed E-state index contributed by atoms with van der Waals surface area (Å²) in [4.78, 5) is 0. The Bertz CT molecular complexity index is 383. The maximum Gasteiger partial charge on any atom is 0.128 e. The zero-order chi connectivity index (χ0) is 12.3. The SMILES string of the molecule is NC(CC1COCCN1)c1cc(Cl)ccc1F. The van der Waals surface area contributed by atoms with E-state index in [9.17, 15) is 4.39 Å². The summed E-state index contributed by atoms with van der Waals surface area (Å²) in [7, 11) is 0. The Balaban J connectivity index is 2.02. The first-order valence-electron chi connectivity index (χ1n) is 5.68. The van der Waals surface area contributed by atoms with E-state index >= 15 is 0 Å². The van der Waals surface area contributed by atoms with Crippen LogP contribution in [0.15, 0.2) is 18.2 Å². The molecule has 17 heavy (non-hydrogen) atoms. The Morgan fingerprint density at radius 3 is 3.12 bits per heavy atom. The molecule has 0 amide bonds. The lowest BCUT2D eigenvalue weighted by Gasteiger charge is -2.26. The van der Waals surface area contributed by atoms with Gasteiger partial charge in [-0.1, -0.05) is 11.6 Å². The van der Waals surface area contributed by atoms with Crippen molar-refractivity contribution in [3.63, 3.8) is 0 Å². The van der Waals surface area contributed by atoms with Crippen LogP contribution < -0.4 is 11.1 Å². The maximum absolute atomic E-state index is 13.6. The van der Waals surface area contributed by atoms with Gasteiger partial charge in [0, 0.05) is 29.2 Å². The Labute approximate surface area is 105 Å². The third-order valence-electron chi connectivity index (χ3n) is 2.89. The van der Waals surface area contributed by atoms with Gasteiger partial charge in [0.2, 0.25) is 0 Å². The van der Waals surface area contributed by atoms with Crippen LogP contribution in [-0.2, 0) is 4.74 Å². The topological polar surface area (TPSA) is 47.3 Å². The predicted octanol–water partition coefficient (Wildman–Crippen LogP) is 1.86. The standard InChI is InChI=1S/C12H16ClFN2O/c13-8-1-2-11(14)10(5-8)12(15)6-9-7-17-4-3-16-9/h1-2,5,9,12,16H,3-4,6-7,15H2. The Morgan fingerprint density at radius 1 is 1.59 bits per heavy atom. The van der Waals surface area contributed by atoms with Gasteiger partial charge in [-0.2, -0.15) is 0 Å². The minimum absolute atomic E-state index is 0.178. The Kier molecular flexibility index (Phi) is 4.34. The Hall–Kier alpha value is -0.680. The van der Waals surface area contributed by atoms with Gasteiger partial charge in [0.1, 0.15) is 5.82 Å². The van der Waals surface area contributed by atoms with Crippen LogP contribution in [0.3, 0.4) is 0 Å². The van der Waals surface area contributed by atoms with E-state index in [4.69, 9.17) is 22.1 Å². The number of ether oxygens (including phenoxy) is 1. The molecular weight excluding hydrogens is 243 g/mol. The highest BCUT2D eigenvalue weighted by Gasteiger charge is 2.19. The molecule has 0 spiro atoms. The van der Waals surface area contributed by atoms with Crippen molar-refractivity contribution in [1.82, 2.24) is 5.32 Å². The lowest BCUT2D eigenvalue weighted by atomic mass is 9.99. The van der Waals surface area contributed by atoms with Gasteiger partial charge in [0.25, 0.3) is 0 Å². The molecule has 2 unspecified atom stereocenters. The molecule has 0 aromatic heterocycles. The molecule has 3 N–H and O–H groups in total. The van der Waals surface area contributed by atoms with Gasteiger partial charge in [0.15, 0.2) is 0 Å². The quantitative estimate of drug-likeness (QED) is 0.870. The molecule has 3 nitrogen and oxygen atoms in total. The number of nitrogens with two attached hydrogens (primary N) is 1. The van der Waals surface area contributed by atoms with Gasteiger partial charge in [-0.15, -0.1) is 0 Å². The van der Waals surface area contributed by atoms with Crippen molar-refractivity contribution in [3.8, 4) is 0 Å². The minimum atomic E-state index is -0.368. The number of hydrogen-bond donors (Lipinski definition) is 2. The fourth-order valence-electron chi connectivity index (χ4n) is 2.00. The molecule has 2 rings (SSSR count). The van der Waals surface area contributed by atoms with E-state index in [0.717, 1.165) is 13.2 Å². The molecule has 1 heterocycles. The monoisotopic (exact) mass is 258 g/mol. The highest BCUT2D eigenvalue weighted by molar-refractivity contribution is 6.30. The summed E-state index contributed by atoms with van der Waals surface area (Å²) in [5.41, 5.74) is 6.46. The maximum atomic E-state index is 13.6. The van der Waals surface area contributed by atoms with Crippen LogP contribution in [-0.4, -0.2) is 25.8 Å². The highest BCUT2D eigenvalue weighted by atomic mass is 35.5. The first-order valence-corrected chi connectivity index (χ1v) is 6.06. The molecular formula is C12H16ClFN2O. The van der Waals surface area contributed by atoms with Crippen molar-refractivity contribution >= 4 is 11.6 Å². The molecule has 1 saturated heterocycles. The van der Waals surface area contributed by atoms with Crippen molar-refractivity contribution in [2.75, 3.05) is 19.8 Å². The van der Waals surface area contributed by atoms with Crippen LogP contribution >= 0.6 is 11.6 Å². The van der Waals surface area contributed by atoms with Gasteiger partial charge in [0.05, 0.1) is 13.2 Å². The molecule has 1 aromatic rings. The third-order valence-corrected chi connectivity index (χ3v) is 3.13. The summed E-state index contributed by atoms with van der Waals surface area (Å²) >= 11 is 5.84. The fraction of sp³-hybridized carbons (Fsp3) is 0.500. The number of halogens is 2. The molecule has 0 bridgehead atoms. The molecule has 1 aromatic carbocycles. The second-order valence-corrected chi connectivity index (χ2v) is 4.67. The minimum Gasteiger partial charge on any atom is -0.379 e. The first kappa shape index (κ1) is 12.8. The second kappa shape index (κ2) is 5.78. The van der Waals surface area contributed by atoms with E-state index < -0.39 is 0 Å². The van der Waals surface area contributed by atoms with E-state index in [0.29, 0.717) is 23.6 Å². The molecule has 0 saturated carbocycles. The molecule has 5 heteroatoms. The number of hydrogen-bond acceptors (Lipinski definition) is 3. The predicted molar refractivity (Wildman–Crippen MR) is 65.6 cm³/mol. The summed E-state index contributed by atoms with van der Waals surface area (Å²) in [5.74, 6) is -0.307. The average Bonchev–Trinajstić information content (AvgIpc) is 2.33. The summed E-state index contributed by atoms with van der Waals surface area (Å²) in [6.45, 7) is 2.16. The van der Waals surface area contributed by atoms with E-state index in [2.05, 4.69) is 5.32 Å². The number of nitrogens with one attached hydrogen (secondary N) is 1. The summed E-state index contributed by atoms with van der Waals surface area (Å²) in [5, 5.41) is 3.80. The van der Waals surface area contributed by atoms with Gasteiger partial charge < -0.3 is 15.8 Å². The van der Waals surface area contributed by atoms with Gasteiger partial charge >= 0.3 is 0 Å². The van der Waals surface area contributed by atoms with Crippen LogP contribution in [0.2, 0.25) is 5.02 Å². The van der Waals surface area contributed by atoms with Crippen LogP contribution in [0.25, 0.3) is 0 Å². The van der Waals surface area contributed by atoms with E-state index in [-0.39, 0.29) is 17.9 Å². The third kappa shape index (κ3) is 3.39. The normalized spacial score (nSPS) is 22.4. The molecule has 1 aliphatic heterocycles. The summed E-state index contributed by atoms with van der Waals surface area (Å²) in [6, 6.07) is 4.27. The van der Waals surface area contributed by atoms with Gasteiger partial charge in [-0.05, 0) is 24.6 Å². The van der Waals surface area contributed by atoms with E-state index in [1.807, 2.05) is 0 Å². The summed E-state index contributed by atoms with van der Waals surface area (Å²) < 4.78 is 18.9. The zero-order valence-corrected chi connectivity index (χ0v) is 10.2. The second-order valence-electron chi connectivity index (χ2n) is 4.23. The molecule has 0 aliphatic carbocycles. The number of morpholine rings is 1. The summed E-state index contributed by atoms with van der Waals surface area (Å²) in [6.07, 6.45) is 0.636. The zero-order valence-electron chi connectivity index (χ0n) is 9.46. The van der Waals surface area contributed by atoms with E-state index in [1.165, 1.54) is 12.1 Å². The number of rotatable bonds is 3. The van der Waals surface area contributed by atoms with Gasteiger partial charge in [-0.3, -0.25) is 0 Å². The fourth-order valence-corrected chi connectivity index (χ4v) is 2.18. The van der Waals surface area contributed by atoms with Crippen LogP contribution in [0, 0.1) is 5.82 Å². The van der Waals surface area contributed by atoms with Crippen LogP contribution in [0.5, 0.6) is 0 Å². The van der Waals surface area contributed by atoms with Crippen molar-refractivity contribution in [2.45, 2.75) is 18.5 Å². The molecule has 1 aliphatic rings. The molecule has 94 valence electrons. The lowest BCUT2D eigenvalue weighted by Crippen LogP contribution is -2.42. The lowest BCUT2D eigenvalue weighted by molar-refractivity contribution is 0.0719. The number of benzene rings is 1. The molecule has 2 atom stereocenters. The van der Waals surface area contributed by atoms with Crippen molar-refractivity contribution in [2.24, 2.45) is 5.73 Å². The van der Waals surface area contributed by atoms with Gasteiger partial charge in [-0.25, -0.2) is 4.39 Å². The highest BCUT2D eigenvalue weighted by Crippen LogP contribution is 2.23. The average molecular weight is 259 g/mol. The van der Waals surface area contributed by atoms with Crippen molar-refractivity contribution in [3.05, 3.63) is 34.6 Å². The van der Waals surface area contributed by atoms with Crippen molar-refractivity contribution in [1.29, 1.82) is 0 Å². The van der Waals surface area contributed by atoms with Crippen LogP contribution in [0.4, 0.5) is 4.39 Å². The first-order chi connectivity index (χ1) is 8.16. The smallest absolute Gasteiger partial charge is 0.128 e. The van der Waals surface area contributed by atoms with Crippen molar-refractivity contribution < 1.29 is 9.13 Å². The molecule has 1 fully saturated rings. The van der Waals surface area contributed by atoms with Crippen LogP contribution in [0.1, 0.15) is 18.0 Å². The molecule has 0 radical (unpaired) electrons. The van der Waals surface area contributed by atoms with E-state index in [1.54, 1.807) is 6.07 Å². The largest absolute Gasteiger partial charge is 0.379 e.